The lowest BCUT2D eigenvalue weighted by Crippen LogP contribution is -2.11. The number of nitrogens with zero attached hydrogens (tertiary/aromatic N) is 2. The van der Waals surface area contributed by atoms with E-state index in [1.165, 1.54) is 77.6 Å². The second-order valence-electron chi connectivity index (χ2n) is 8.98. The van der Waals surface area contributed by atoms with E-state index < -0.39 is 6.16 Å². The van der Waals surface area contributed by atoms with E-state index in [0.717, 1.165) is 36.1 Å². The summed E-state index contributed by atoms with van der Waals surface area (Å²) in [5, 5.41) is 18.9. The van der Waals surface area contributed by atoms with Crippen LogP contribution in [0.25, 0.3) is 10.2 Å². The molecule has 0 saturated heterocycles. The molecule has 1 saturated carbocycles. The van der Waals surface area contributed by atoms with E-state index in [9.17, 15) is 0 Å². The molecule has 3 heterocycles. The summed E-state index contributed by atoms with van der Waals surface area (Å²) in [6.07, 6.45) is 9.46. The zero-order chi connectivity index (χ0) is 23.5. The van der Waals surface area contributed by atoms with Crippen molar-refractivity contribution < 1.29 is 24.5 Å². The summed E-state index contributed by atoms with van der Waals surface area (Å²) in [6.45, 7) is 1.03. The van der Waals surface area contributed by atoms with Gasteiger partial charge in [-0.3, -0.25) is 0 Å². The summed E-state index contributed by atoms with van der Waals surface area (Å²) in [7, 11) is 0. The molecule has 0 spiro atoms. The fraction of sp³-hybridized carbons (Fsp3) is 0.480. The lowest BCUT2D eigenvalue weighted by molar-refractivity contribution is 0.137. The predicted molar refractivity (Wildman–Crippen MR) is 130 cm³/mol. The number of anilines is 1. The number of benzene rings is 1. The smallest absolute Gasteiger partial charge is 0.454 e. The fourth-order valence-electron chi connectivity index (χ4n) is 5.08. The van der Waals surface area contributed by atoms with E-state index in [1.807, 2.05) is 17.4 Å². The monoisotopic (exact) mass is 483 g/mol. The van der Waals surface area contributed by atoms with Crippen LogP contribution in [0.1, 0.15) is 72.7 Å². The van der Waals surface area contributed by atoms with Crippen molar-refractivity contribution >= 4 is 33.5 Å². The van der Waals surface area contributed by atoms with Crippen LogP contribution in [0, 0.1) is 0 Å². The summed E-state index contributed by atoms with van der Waals surface area (Å²) in [4.78, 5) is 21.5. The average molecular weight is 484 g/mol. The van der Waals surface area contributed by atoms with Crippen LogP contribution < -0.4 is 14.8 Å². The van der Waals surface area contributed by atoms with Crippen molar-refractivity contribution in [1.29, 1.82) is 0 Å². The minimum Gasteiger partial charge on any atom is -0.454 e. The van der Waals surface area contributed by atoms with Gasteiger partial charge in [-0.15, -0.1) is 11.3 Å². The van der Waals surface area contributed by atoms with Crippen LogP contribution in [0.4, 0.5) is 10.6 Å². The van der Waals surface area contributed by atoms with Gasteiger partial charge in [0.15, 0.2) is 11.5 Å². The summed E-state index contributed by atoms with van der Waals surface area (Å²) in [5.41, 5.74) is 2.67. The van der Waals surface area contributed by atoms with Gasteiger partial charge in [0.05, 0.1) is 5.39 Å². The number of aromatic nitrogens is 2. The Morgan fingerprint density at radius 3 is 2.62 bits per heavy atom. The largest absolute Gasteiger partial charge is 0.503 e. The molecule has 9 heteroatoms. The number of hydrogen-bond donors (Lipinski definition) is 3. The average Bonchev–Trinajstić information content (AvgIpc) is 3.46. The molecule has 2 aliphatic carbocycles. The van der Waals surface area contributed by atoms with Crippen LogP contribution >= 0.6 is 11.3 Å². The summed E-state index contributed by atoms with van der Waals surface area (Å²) < 4.78 is 11.0. The zero-order valence-electron chi connectivity index (χ0n) is 19.0. The molecule has 3 N–H and O–H groups in total. The molecule has 0 atom stereocenters. The molecule has 1 fully saturated rings. The Morgan fingerprint density at radius 2 is 1.79 bits per heavy atom. The molecule has 1 aliphatic heterocycles. The molecule has 0 bridgehead atoms. The third kappa shape index (κ3) is 4.89. The zero-order valence-corrected chi connectivity index (χ0v) is 19.8. The predicted octanol–water partition coefficient (Wildman–Crippen LogP) is 6.18. The van der Waals surface area contributed by atoms with E-state index >= 15 is 0 Å². The van der Waals surface area contributed by atoms with Crippen molar-refractivity contribution in [3.05, 3.63) is 40.0 Å². The molecule has 6 rings (SSSR count). The van der Waals surface area contributed by atoms with Crippen molar-refractivity contribution in [3.63, 3.8) is 0 Å². The first-order chi connectivity index (χ1) is 16.6. The normalized spacial score (nSPS) is 17.1. The van der Waals surface area contributed by atoms with Crippen molar-refractivity contribution in [2.75, 3.05) is 12.1 Å². The topological polar surface area (TPSA) is 114 Å². The first kappa shape index (κ1) is 22.7. The van der Waals surface area contributed by atoms with Gasteiger partial charge in [-0.2, -0.15) is 0 Å². The third-order valence-corrected chi connectivity index (χ3v) is 7.88. The third-order valence-electron chi connectivity index (χ3n) is 6.70. The summed E-state index contributed by atoms with van der Waals surface area (Å²) in [6, 6.07) is 6.16. The molecular formula is C25H29N3O5S. The minimum absolute atomic E-state index is 0.310. The van der Waals surface area contributed by atoms with Gasteiger partial charge in [0.1, 0.15) is 16.5 Å². The SMILES string of the molecule is O=C(O)O.c1cc2c(cc1CNc1nc(C3CCCCC3)nc3sc4c(c13)CCCC4)OCO2. The highest BCUT2D eigenvalue weighted by molar-refractivity contribution is 7.19. The fourth-order valence-corrected chi connectivity index (χ4v) is 6.35. The van der Waals surface area contributed by atoms with Crippen LogP contribution in [0.3, 0.4) is 0 Å². The van der Waals surface area contributed by atoms with E-state index in [2.05, 4.69) is 17.4 Å². The number of ether oxygens (including phenoxy) is 2. The number of thiophene rings is 1. The van der Waals surface area contributed by atoms with Crippen molar-refractivity contribution in [1.82, 2.24) is 9.97 Å². The van der Waals surface area contributed by atoms with Gasteiger partial charge >= 0.3 is 6.16 Å². The second-order valence-corrected chi connectivity index (χ2v) is 10.1. The van der Waals surface area contributed by atoms with E-state index in [0.29, 0.717) is 12.7 Å². The first-order valence-electron chi connectivity index (χ1n) is 11.9. The van der Waals surface area contributed by atoms with E-state index in [1.54, 1.807) is 0 Å². The molecule has 3 aliphatic rings. The Bertz CT molecular complexity index is 1180. The van der Waals surface area contributed by atoms with E-state index in [-0.39, 0.29) is 0 Å². The number of fused-ring (bicyclic) bond motifs is 4. The van der Waals surface area contributed by atoms with Gasteiger partial charge in [-0.1, -0.05) is 25.3 Å². The maximum atomic E-state index is 8.56. The molecule has 1 aromatic carbocycles. The lowest BCUT2D eigenvalue weighted by atomic mass is 9.88. The number of hydrogen-bond acceptors (Lipinski definition) is 7. The molecule has 180 valence electrons. The molecule has 2 aromatic heterocycles. The maximum Gasteiger partial charge on any atom is 0.503 e. The van der Waals surface area contributed by atoms with Crippen LogP contribution in [0.5, 0.6) is 11.5 Å². The Kier molecular flexibility index (Phi) is 6.71. The Labute approximate surface area is 202 Å². The van der Waals surface area contributed by atoms with Crippen molar-refractivity contribution in [2.24, 2.45) is 0 Å². The van der Waals surface area contributed by atoms with Crippen LogP contribution in [-0.4, -0.2) is 33.1 Å². The first-order valence-corrected chi connectivity index (χ1v) is 12.8. The van der Waals surface area contributed by atoms with Gasteiger partial charge in [0.2, 0.25) is 6.79 Å². The van der Waals surface area contributed by atoms with Gasteiger partial charge in [0, 0.05) is 17.3 Å². The van der Waals surface area contributed by atoms with Gasteiger partial charge in [-0.05, 0) is 61.8 Å². The molecular weight excluding hydrogens is 454 g/mol. The number of rotatable bonds is 4. The molecule has 0 amide bonds. The molecule has 3 aromatic rings. The van der Waals surface area contributed by atoms with Crippen molar-refractivity contribution in [3.8, 4) is 11.5 Å². The Hall–Kier alpha value is -3.07. The summed E-state index contributed by atoms with van der Waals surface area (Å²) in [5.74, 6) is 4.24. The number of aryl methyl sites for hydroxylation is 2. The Morgan fingerprint density at radius 1 is 1.03 bits per heavy atom. The summed E-state index contributed by atoms with van der Waals surface area (Å²) >= 11 is 1.90. The second kappa shape index (κ2) is 10.0. The van der Waals surface area contributed by atoms with Gasteiger partial charge in [-0.25, -0.2) is 14.8 Å². The number of carboxylic acid groups (broad SMARTS) is 2. The highest BCUT2D eigenvalue weighted by Gasteiger charge is 2.25. The molecule has 34 heavy (non-hydrogen) atoms. The molecule has 0 radical (unpaired) electrons. The van der Waals surface area contributed by atoms with Crippen LogP contribution in [0.15, 0.2) is 18.2 Å². The molecule has 8 nitrogen and oxygen atoms in total. The van der Waals surface area contributed by atoms with Crippen LogP contribution in [0.2, 0.25) is 0 Å². The van der Waals surface area contributed by atoms with Gasteiger partial charge < -0.3 is 25.0 Å². The maximum absolute atomic E-state index is 8.56. The quantitative estimate of drug-likeness (QED) is 0.403. The molecule has 0 unspecified atom stereocenters. The Balaban J connectivity index is 0.000000560. The standard InChI is InChI=1S/C24H27N3O2S.CH2O3/c1-2-6-16(7-3-1)22-26-23(21-17-8-4-5-9-20(17)30-24(21)27-22)25-13-15-10-11-18-19(12-15)29-14-28-18;2-1(3)4/h10-12,16H,1-9,13-14H2,(H,25,26,27);(H2,2,3,4). The number of nitrogens with one attached hydrogen (secondary N) is 1. The highest BCUT2D eigenvalue weighted by atomic mass is 32.1. The van der Waals surface area contributed by atoms with Gasteiger partial charge in [0.25, 0.3) is 0 Å². The number of carbonyl (C=O) groups is 1. The van der Waals surface area contributed by atoms with Crippen molar-refractivity contribution in [2.45, 2.75) is 70.3 Å². The highest BCUT2D eigenvalue weighted by Crippen LogP contribution is 2.41. The van der Waals surface area contributed by atoms with Crippen LogP contribution in [-0.2, 0) is 19.4 Å². The minimum atomic E-state index is -1.83. The lowest BCUT2D eigenvalue weighted by Gasteiger charge is -2.21. The van der Waals surface area contributed by atoms with E-state index in [4.69, 9.17) is 34.4 Å².